The lowest BCUT2D eigenvalue weighted by molar-refractivity contribution is 0.0871. The second-order valence-corrected chi connectivity index (χ2v) is 4.51. The van der Waals surface area contributed by atoms with Crippen LogP contribution >= 0.6 is 23.2 Å². The summed E-state index contributed by atoms with van der Waals surface area (Å²) >= 11 is 11.7. The Balaban J connectivity index is 2.51. The zero-order chi connectivity index (χ0) is 12.1. The minimum atomic E-state index is 0.230. The molecule has 3 N–H and O–H groups in total. The van der Waals surface area contributed by atoms with Crippen LogP contribution in [-0.2, 0) is 4.74 Å². The van der Waals surface area contributed by atoms with E-state index < -0.39 is 0 Å². The molecule has 0 fully saturated rings. The molecule has 0 spiro atoms. The first-order valence-electron chi connectivity index (χ1n) is 5.10. The summed E-state index contributed by atoms with van der Waals surface area (Å²) in [6.45, 7) is 5.29. The molecule has 1 aromatic rings. The monoisotopic (exact) mass is 262 g/mol. The van der Waals surface area contributed by atoms with Crippen molar-refractivity contribution in [3.8, 4) is 0 Å². The maximum absolute atomic E-state index is 5.89. The first-order valence-corrected chi connectivity index (χ1v) is 5.86. The average molecular weight is 263 g/mol. The largest absolute Gasteiger partial charge is 0.397 e. The van der Waals surface area contributed by atoms with E-state index in [9.17, 15) is 0 Å². The Labute approximate surface area is 106 Å². The van der Waals surface area contributed by atoms with E-state index in [1.807, 2.05) is 13.8 Å². The van der Waals surface area contributed by atoms with E-state index in [0.717, 1.165) is 5.69 Å². The standard InChI is InChI=1S/C11H16Cl2N2O/c1-7(2)16-4-3-15-11-6-9(13)8(12)5-10(11)14/h5-7,15H,3-4,14H2,1-2H3. The SMILES string of the molecule is CC(C)OCCNc1cc(Cl)c(Cl)cc1N. The van der Waals surface area contributed by atoms with Crippen LogP contribution in [0.15, 0.2) is 12.1 Å². The number of nitrogens with one attached hydrogen (secondary N) is 1. The molecule has 0 heterocycles. The van der Waals surface area contributed by atoms with Gasteiger partial charge in [-0.25, -0.2) is 0 Å². The van der Waals surface area contributed by atoms with E-state index in [4.69, 9.17) is 33.7 Å². The van der Waals surface area contributed by atoms with Crippen molar-refractivity contribution in [3.05, 3.63) is 22.2 Å². The highest BCUT2D eigenvalue weighted by Gasteiger charge is 2.04. The Morgan fingerprint density at radius 3 is 2.56 bits per heavy atom. The molecule has 16 heavy (non-hydrogen) atoms. The number of anilines is 2. The van der Waals surface area contributed by atoms with Crippen molar-refractivity contribution in [1.29, 1.82) is 0 Å². The maximum atomic E-state index is 5.89. The molecule has 0 saturated carbocycles. The van der Waals surface area contributed by atoms with Gasteiger partial charge in [-0.2, -0.15) is 0 Å². The van der Waals surface area contributed by atoms with Crippen molar-refractivity contribution in [2.45, 2.75) is 20.0 Å². The van der Waals surface area contributed by atoms with Crippen molar-refractivity contribution in [2.75, 3.05) is 24.2 Å². The molecule has 0 aliphatic rings. The Kier molecular flexibility index (Phi) is 5.19. The molecule has 3 nitrogen and oxygen atoms in total. The van der Waals surface area contributed by atoms with E-state index in [-0.39, 0.29) is 6.10 Å². The molecule has 0 aliphatic carbocycles. The fraction of sp³-hybridized carbons (Fsp3) is 0.455. The Bertz CT molecular complexity index is 356. The highest BCUT2D eigenvalue weighted by atomic mass is 35.5. The van der Waals surface area contributed by atoms with Crippen molar-refractivity contribution >= 4 is 34.6 Å². The second-order valence-electron chi connectivity index (χ2n) is 3.70. The van der Waals surface area contributed by atoms with Crippen LogP contribution in [0.25, 0.3) is 0 Å². The van der Waals surface area contributed by atoms with E-state index in [2.05, 4.69) is 5.32 Å². The average Bonchev–Trinajstić information content (AvgIpc) is 2.19. The molecule has 90 valence electrons. The van der Waals surface area contributed by atoms with Gasteiger partial charge in [0.2, 0.25) is 0 Å². The molecule has 0 unspecified atom stereocenters. The number of benzene rings is 1. The summed E-state index contributed by atoms with van der Waals surface area (Å²) in [5.74, 6) is 0. The topological polar surface area (TPSA) is 47.3 Å². The molecule has 0 aromatic heterocycles. The van der Waals surface area contributed by atoms with Gasteiger partial charge in [-0.3, -0.25) is 0 Å². The highest BCUT2D eigenvalue weighted by molar-refractivity contribution is 6.42. The van der Waals surface area contributed by atoms with Crippen molar-refractivity contribution in [2.24, 2.45) is 0 Å². The number of rotatable bonds is 5. The fourth-order valence-corrected chi connectivity index (χ4v) is 1.53. The van der Waals surface area contributed by atoms with Gasteiger partial charge in [0.05, 0.1) is 34.1 Å². The zero-order valence-electron chi connectivity index (χ0n) is 9.39. The number of nitrogen functional groups attached to an aromatic ring is 1. The van der Waals surface area contributed by atoms with Gasteiger partial charge in [-0.05, 0) is 26.0 Å². The summed E-state index contributed by atoms with van der Waals surface area (Å²) in [4.78, 5) is 0. The first kappa shape index (κ1) is 13.4. The van der Waals surface area contributed by atoms with Crippen LogP contribution < -0.4 is 11.1 Å². The third-order valence-electron chi connectivity index (χ3n) is 1.96. The lowest BCUT2D eigenvalue weighted by Gasteiger charge is -2.12. The highest BCUT2D eigenvalue weighted by Crippen LogP contribution is 2.30. The fourth-order valence-electron chi connectivity index (χ4n) is 1.20. The molecule has 0 saturated heterocycles. The Hall–Kier alpha value is -0.640. The number of nitrogens with two attached hydrogens (primary N) is 1. The van der Waals surface area contributed by atoms with Gasteiger partial charge in [0.1, 0.15) is 0 Å². The molecule has 0 aliphatic heterocycles. The minimum Gasteiger partial charge on any atom is -0.397 e. The maximum Gasteiger partial charge on any atom is 0.0642 e. The van der Waals surface area contributed by atoms with Crippen LogP contribution in [0.1, 0.15) is 13.8 Å². The molecule has 0 bridgehead atoms. The van der Waals surface area contributed by atoms with E-state index >= 15 is 0 Å². The van der Waals surface area contributed by atoms with E-state index in [1.165, 1.54) is 0 Å². The summed E-state index contributed by atoms with van der Waals surface area (Å²) in [6, 6.07) is 3.35. The van der Waals surface area contributed by atoms with Crippen LogP contribution in [0.3, 0.4) is 0 Å². The normalized spacial score (nSPS) is 10.8. The predicted octanol–water partition coefficient (Wildman–Crippen LogP) is 3.41. The van der Waals surface area contributed by atoms with Gasteiger partial charge in [0.25, 0.3) is 0 Å². The molecule has 1 aromatic carbocycles. The van der Waals surface area contributed by atoms with Crippen LogP contribution in [0.2, 0.25) is 10.0 Å². The van der Waals surface area contributed by atoms with Crippen molar-refractivity contribution in [3.63, 3.8) is 0 Å². The van der Waals surface area contributed by atoms with Crippen LogP contribution in [-0.4, -0.2) is 19.3 Å². The minimum absolute atomic E-state index is 0.230. The molecule has 5 heteroatoms. The summed E-state index contributed by atoms with van der Waals surface area (Å²) in [6.07, 6.45) is 0.230. The summed E-state index contributed by atoms with van der Waals surface area (Å²) < 4.78 is 5.40. The van der Waals surface area contributed by atoms with Crippen molar-refractivity contribution < 1.29 is 4.74 Å². The van der Waals surface area contributed by atoms with Crippen LogP contribution in [0.4, 0.5) is 11.4 Å². The van der Waals surface area contributed by atoms with Gasteiger partial charge in [0, 0.05) is 6.54 Å². The Morgan fingerprint density at radius 1 is 1.31 bits per heavy atom. The summed E-state index contributed by atoms with van der Waals surface area (Å²) in [5.41, 5.74) is 7.15. The quantitative estimate of drug-likeness (QED) is 0.632. The van der Waals surface area contributed by atoms with E-state index in [0.29, 0.717) is 28.9 Å². The van der Waals surface area contributed by atoms with Gasteiger partial charge in [-0.15, -0.1) is 0 Å². The van der Waals surface area contributed by atoms with Gasteiger partial charge in [-0.1, -0.05) is 23.2 Å². The number of hydrogen-bond acceptors (Lipinski definition) is 3. The predicted molar refractivity (Wildman–Crippen MR) is 70.5 cm³/mol. The van der Waals surface area contributed by atoms with Gasteiger partial charge in [0.15, 0.2) is 0 Å². The summed E-state index contributed by atoms with van der Waals surface area (Å²) in [5, 5.41) is 4.09. The van der Waals surface area contributed by atoms with Crippen molar-refractivity contribution in [1.82, 2.24) is 0 Å². The second kappa shape index (κ2) is 6.18. The van der Waals surface area contributed by atoms with Gasteiger partial charge < -0.3 is 15.8 Å². The molecule has 1 rings (SSSR count). The number of hydrogen-bond donors (Lipinski definition) is 2. The number of halogens is 2. The zero-order valence-corrected chi connectivity index (χ0v) is 10.9. The smallest absolute Gasteiger partial charge is 0.0642 e. The first-order chi connectivity index (χ1) is 7.50. The van der Waals surface area contributed by atoms with E-state index in [1.54, 1.807) is 12.1 Å². The molecule has 0 atom stereocenters. The third-order valence-corrected chi connectivity index (χ3v) is 2.68. The molecular formula is C11H16Cl2N2O. The third kappa shape index (κ3) is 4.08. The number of ether oxygens (including phenoxy) is 1. The Morgan fingerprint density at radius 2 is 1.94 bits per heavy atom. The lowest BCUT2D eigenvalue weighted by atomic mass is 10.2. The molecular weight excluding hydrogens is 247 g/mol. The molecule has 0 radical (unpaired) electrons. The summed E-state index contributed by atoms with van der Waals surface area (Å²) in [7, 11) is 0. The van der Waals surface area contributed by atoms with Crippen LogP contribution in [0, 0.1) is 0 Å². The molecule has 0 amide bonds. The van der Waals surface area contributed by atoms with Gasteiger partial charge >= 0.3 is 0 Å². The lowest BCUT2D eigenvalue weighted by Crippen LogP contribution is -2.13. The van der Waals surface area contributed by atoms with Crippen LogP contribution in [0.5, 0.6) is 0 Å².